The van der Waals surface area contributed by atoms with Crippen LogP contribution in [0.4, 0.5) is 10.7 Å². The summed E-state index contributed by atoms with van der Waals surface area (Å²) in [7, 11) is 0. The molecule has 2 aromatic rings. The van der Waals surface area contributed by atoms with Crippen LogP contribution in [0.15, 0.2) is 30.3 Å². The van der Waals surface area contributed by atoms with Gasteiger partial charge in [0, 0.05) is 36.6 Å². The third-order valence-corrected chi connectivity index (χ3v) is 5.51. The topological polar surface area (TPSA) is 116 Å². The molecule has 2 amide bonds. The van der Waals surface area contributed by atoms with E-state index in [4.69, 9.17) is 0 Å². The molecule has 3 rings (SSSR count). The highest BCUT2D eigenvalue weighted by Crippen LogP contribution is 2.36. The number of hydrogen-bond donors (Lipinski definition) is 1. The van der Waals surface area contributed by atoms with Crippen LogP contribution in [0, 0.1) is 21.4 Å². The van der Waals surface area contributed by atoms with Crippen molar-refractivity contribution in [3.8, 4) is 6.07 Å². The van der Waals surface area contributed by atoms with Crippen LogP contribution in [0.25, 0.3) is 6.08 Å². The van der Waals surface area contributed by atoms with Crippen molar-refractivity contribution in [3.63, 3.8) is 0 Å². The van der Waals surface area contributed by atoms with Crippen molar-refractivity contribution in [3.05, 3.63) is 62.0 Å². The van der Waals surface area contributed by atoms with Crippen molar-refractivity contribution in [2.24, 2.45) is 0 Å². The second-order valence-electron chi connectivity index (χ2n) is 6.18. The van der Waals surface area contributed by atoms with Crippen LogP contribution in [0.3, 0.4) is 0 Å². The first-order chi connectivity index (χ1) is 13.4. The number of nitrogens with zero attached hydrogens (tertiary/aromatic N) is 3. The van der Waals surface area contributed by atoms with Crippen LogP contribution in [0.2, 0.25) is 0 Å². The summed E-state index contributed by atoms with van der Waals surface area (Å²) in [5, 5.41) is 23.3. The van der Waals surface area contributed by atoms with Crippen LogP contribution in [-0.2, 0) is 22.6 Å². The summed E-state index contributed by atoms with van der Waals surface area (Å²) in [5.74, 6) is -0.425. The number of carbonyl (C=O) groups is 2. The highest BCUT2D eigenvalue weighted by molar-refractivity contribution is 7.16. The highest BCUT2D eigenvalue weighted by Gasteiger charge is 2.26. The van der Waals surface area contributed by atoms with Gasteiger partial charge in [0.2, 0.25) is 11.8 Å². The number of carbonyl (C=O) groups excluding carboxylic acids is 2. The average molecular weight is 396 g/mol. The van der Waals surface area contributed by atoms with E-state index in [1.54, 1.807) is 17.0 Å². The molecule has 0 saturated carbocycles. The maximum atomic E-state index is 12.2. The number of amides is 2. The number of non-ortho nitro benzene ring substituents is 1. The van der Waals surface area contributed by atoms with Gasteiger partial charge < -0.3 is 10.2 Å². The summed E-state index contributed by atoms with van der Waals surface area (Å²) in [4.78, 5) is 36.6. The normalized spacial score (nSPS) is 13.1. The molecule has 1 aromatic heterocycles. The molecule has 0 unspecified atom stereocenters. The molecule has 0 aliphatic carbocycles. The van der Waals surface area contributed by atoms with Gasteiger partial charge in [-0.25, -0.2) is 0 Å². The minimum absolute atomic E-state index is 0.0193. The maximum absolute atomic E-state index is 12.2. The zero-order valence-electron chi connectivity index (χ0n) is 15.0. The Labute approximate surface area is 164 Å². The zero-order valence-corrected chi connectivity index (χ0v) is 15.8. The van der Waals surface area contributed by atoms with Gasteiger partial charge in [-0.3, -0.25) is 19.7 Å². The number of nitro benzene ring substituents is 1. The molecule has 0 saturated heterocycles. The number of nitriles is 1. The van der Waals surface area contributed by atoms with E-state index in [1.807, 2.05) is 0 Å². The molecule has 28 heavy (non-hydrogen) atoms. The summed E-state index contributed by atoms with van der Waals surface area (Å²) in [5.41, 5.74) is 1.95. The smallest absolute Gasteiger partial charge is 0.269 e. The summed E-state index contributed by atoms with van der Waals surface area (Å²) in [6, 6.07) is 7.96. The summed E-state index contributed by atoms with van der Waals surface area (Å²) in [6.07, 6.45) is 3.43. The number of anilines is 1. The summed E-state index contributed by atoms with van der Waals surface area (Å²) >= 11 is 1.31. The van der Waals surface area contributed by atoms with Crippen molar-refractivity contribution < 1.29 is 14.5 Å². The highest BCUT2D eigenvalue weighted by atomic mass is 32.1. The fraction of sp³-hybridized carbons (Fsp3) is 0.211. The number of benzene rings is 1. The van der Waals surface area contributed by atoms with Gasteiger partial charge in [-0.2, -0.15) is 5.26 Å². The molecule has 9 heteroatoms. The van der Waals surface area contributed by atoms with Crippen molar-refractivity contribution >= 4 is 39.9 Å². The summed E-state index contributed by atoms with van der Waals surface area (Å²) in [6.45, 7) is 2.51. The Balaban J connectivity index is 1.73. The van der Waals surface area contributed by atoms with Gasteiger partial charge >= 0.3 is 0 Å². The van der Waals surface area contributed by atoms with Gasteiger partial charge in [0.1, 0.15) is 11.1 Å². The largest absolute Gasteiger partial charge is 0.337 e. The maximum Gasteiger partial charge on any atom is 0.269 e. The lowest BCUT2D eigenvalue weighted by molar-refractivity contribution is -0.384. The van der Waals surface area contributed by atoms with E-state index in [2.05, 4.69) is 11.4 Å². The summed E-state index contributed by atoms with van der Waals surface area (Å²) < 4.78 is 0. The van der Waals surface area contributed by atoms with Crippen LogP contribution < -0.4 is 5.32 Å². The molecule has 1 aliphatic heterocycles. The predicted octanol–water partition coefficient (Wildman–Crippen LogP) is 3.08. The van der Waals surface area contributed by atoms with E-state index in [1.165, 1.54) is 42.5 Å². The van der Waals surface area contributed by atoms with E-state index >= 15 is 0 Å². The standard InChI is InChI=1S/C19H16N4O4S/c1-12(24)22-9-8-15-16(10-20)19(28-17(15)11-22)21-18(25)7-4-13-2-5-14(6-3-13)23(26)27/h2-7H,8-9,11H2,1H3,(H,21,25)/b7-4+. The average Bonchev–Trinajstić information content (AvgIpc) is 3.02. The SMILES string of the molecule is CC(=O)N1CCc2c(sc(NC(=O)/C=C/c3ccc([N+](=O)[O-])cc3)c2C#N)C1. The second-order valence-corrected chi connectivity index (χ2v) is 7.29. The van der Waals surface area contributed by atoms with Gasteiger partial charge in [0.25, 0.3) is 5.69 Å². The third kappa shape index (κ3) is 4.07. The second kappa shape index (κ2) is 8.02. The van der Waals surface area contributed by atoms with Gasteiger partial charge in [0.05, 0.1) is 17.0 Å². The van der Waals surface area contributed by atoms with Gasteiger partial charge in [-0.1, -0.05) is 0 Å². The van der Waals surface area contributed by atoms with Gasteiger partial charge in [-0.15, -0.1) is 11.3 Å². The molecule has 142 valence electrons. The molecule has 1 N–H and O–H groups in total. The Kier molecular flexibility index (Phi) is 5.52. The molecule has 0 radical (unpaired) electrons. The Morgan fingerprint density at radius 3 is 2.68 bits per heavy atom. The number of thiophene rings is 1. The lowest BCUT2D eigenvalue weighted by atomic mass is 10.0. The fourth-order valence-electron chi connectivity index (χ4n) is 2.91. The number of nitrogens with one attached hydrogen (secondary N) is 1. The number of rotatable bonds is 4. The zero-order chi connectivity index (χ0) is 20.3. The quantitative estimate of drug-likeness (QED) is 0.484. The van der Waals surface area contributed by atoms with Crippen molar-refractivity contribution in [2.45, 2.75) is 19.9 Å². The minimum Gasteiger partial charge on any atom is -0.337 e. The lowest BCUT2D eigenvalue weighted by Crippen LogP contribution is -2.33. The molecular weight excluding hydrogens is 380 g/mol. The number of hydrogen-bond acceptors (Lipinski definition) is 6. The molecule has 8 nitrogen and oxygen atoms in total. The van der Waals surface area contributed by atoms with Crippen LogP contribution >= 0.6 is 11.3 Å². The Bertz CT molecular complexity index is 1020. The molecule has 0 spiro atoms. The molecule has 0 bridgehead atoms. The van der Waals surface area contributed by atoms with Crippen LogP contribution in [0.5, 0.6) is 0 Å². The van der Waals surface area contributed by atoms with Crippen LogP contribution in [0.1, 0.15) is 28.5 Å². The Morgan fingerprint density at radius 1 is 1.36 bits per heavy atom. The first-order valence-corrected chi connectivity index (χ1v) is 9.24. The first-order valence-electron chi connectivity index (χ1n) is 8.42. The van der Waals surface area contributed by atoms with Crippen molar-refractivity contribution in [1.29, 1.82) is 5.26 Å². The predicted molar refractivity (Wildman–Crippen MR) is 105 cm³/mol. The van der Waals surface area contributed by atoms with Crippen molar-refractivity contribution in [2.75, 3.05) is 11.9 Å². The number of nitro groups is 1. The van der Waals surface area contributed by atoms with Gasteiger partial charge in [-0.05, 0) is 35.8 Å². The van der Waals surface area contributed by atoms with E-state index < -0.39 is 10.8 Å². The van der Waals surface area contributed by atoms with Crippen LogP contribution in [-0.4, -0.2) is 28.2 Å². The van der Waals surface area contributed by atoms with E-state index in [9.17, 15) is 25.0 Å². The fourth-order valence-corrected chi connectivity index (χ4v) is 4.13. The first kappa shape index (κ1) is 19.3. The van der Waals surface area contributed by atoms with Gasteiger partial charge in [0.15, 0.2) is 0 Å². The van der Waals surface area contributed by atoms with Crippen molar-refractivity contribution in [1.82, 2.24) is 4.90 Å². The molecule has 1 aromatic carbocycles. The van der Waals surface area contributed by atoms with E-state index in [0.717, 1.165) is 10.4 Å². The molecule has 1 aliphatic rings. The minimum atomic E-state index is -0.491. The monoisotopic (exact) mass is 396 g/mol. The van der Waals surface area contributed by atoms with E-state index in [0.29, 0.717) is 35.6 Å². The lowest BCUT2D eigenvalue weighted by Gasteiger charge is -2.25. The Morgan fingerprint density at radius 2 is 2.07 bits per heavy atom. The molecule has 2 heterocycles. The molecule has 0 fully saturated rings. The third-order valence-electron chi connectivity index (χ3n) is 4.38. The van der Waals surface area contributed by atoms with E-state index in [-0.39, 0.29) is 11.6 Å². The number of fused-ring (bicyclic) bond motifs is 1. The Hall–Kier alpha value is -3.51. The molecular formula is C19H16N4O4S. The molecule has 0 atom stereocenters.